The highest BCUT2D eigenvalue weighted by Gasteiger charge is 2.40. The van der Waals surface area contributed by atoms with Gasteiger partial charge in [0.05, 0.1) is 13.2 Å². The Hall–Kier alpha value is -0.650. The number of nitrogens with one attached hydrogen (secondary N) is 2. The van der Waals surface area contributed by atoms with Crippen molar-refractivity contribution in [2.75, 3.05) is 19.8 Å². The second-order valence-electron chi connectivity index (χ2n) is 5.96. The molecule has 1 amide bonds. The van der Waals surface area contributed by atoms with Gasteiger partial charge in [-0.3, -0.25) is 4.79 Å². The molecule has 5 nitrogen and oxygen atoms in total. The highest BCUT2D eigenvalue weighted by molar-refractivity contribution is 5.76. The van der Waals surface area contributed by atoms with Crippen LogP contribution in [-0.4, -0.2) is 43.5 Å². The van der Waals surface area contributed by atoms with Crippen molar-refractivity contribution in [3.05, 3.63) is 0 Å². The Morgan fingerprint density at radius 2 is 1.95 bits per heavy atom. The molecule has 1 heterocycles. The zero-order valence-electron chi connectivity index (χ0n) is 12.7. The maximum absolute atomic E-state index is 11.7. The van der Waals surface area contributed by atoms with Crippen molar-refractivity contribution in [1.82, 2.24) is 10.6 Å². The van der Waals surface area contributed by atoms with Gasteiger partial charge >= 0.3 is 0 Å². The summed E-state index contributed by atoms with van der Waals surface area (Å²) in [6.07, 6.45) is 5.58. The SMILES string of the molecule is CCC(C)NC(=O)CCNC1CCC2(CC1)OCCO2. The van der Waals surface area contributed by atoms with E-state index in [-0.39, 0.29) is 17.7 Å². The molecule has 0 aromatic carbocycles. The molecule has 1 saturated heterocycles. The molecule has 0 aromatic heterocycles. The first-order valence-electron chi connectivity index (χ1n) is 7.94. The molecule has 1 atom stereocenters. The van der Waals surface area contributed by atoms with E-state index in [1.54, 1.807) is 0 Å². The Labute approximate surface area is 121 Å². The molecule has 20 heavy (non-hydrogen) atoms. The summed E-state index contributed by atoms with van der Waals surface area (Å²) in [5.41, 5.74) is 0. The van der Waals surface area contributed by atoms with Gasteiger partial charge in [-0.15, -0.1) is 0 Å². The standard InChI is InChI=1S/C15H28N2O3/c1-3-12(2)17-14(18)6-9-16-13-4-7-15(8-5-13)19-10-11-20-15/h12-13,16H,3-11H2,1-2H3,(H,17,18). The van der Waals surface area contributed by atoms with Crippen molar-refractivity contribution < 1.29 is 14.3 Å². The lowest BCUT2D eigenvalue weighted by atomic mass is 9.90. The van der Waals surface area contributed by atoms with E-state index in [2.05, 4.69) is 17.6 Å². The van der Waals surface area contributed by atoms with E-state index in [0.717, 1.165) is 51.9 Å². The smallest absolute Gasteiger partial charge is 0.221 e. The maximum Gasteiger partial charge on any atom is 0.221 e. The second kappa shape index (κ2) is 7.38. The van der Waals surface area contributed by atoms with Crippen LogP contribution >= 0.6 is 0 Å². The summed E-state index contributed by atoms with van der Waals surface area (Å²) in [6.45, 7) is 6.32. The van der Waals surface area contributed by atoms with E-state index in [1.807, 2.05) is 6.92 Å². The largest absolute Gasteiger partial charge is 0.354 e. The van der Waals surface area contributed by atoms with Gasteiger partial charge in [0, 0.05) is 37.9 Å². The van der Waals surface area contributed by atoms with Crippen LogP contribution in [0.1, 0.15) is 52.4 Å². The number of hydrogen-bond acceptors (Lipinski definition) is 4. The summed E-state index contributed by atoms with van der Waals surface area (Å²) in [6, 6.07) is 0.763. The van der Waals surface area contributed by atoms with Crippen LogP contribution in [0.25, 0.3) is 0 Å². The molecule has 1 aliphatic carbocycles. The Morgan fingerprint density at radius 1 is 1.30 bits per heavy atom. The van der Waals surface area contributed by atoms with Crippen molar-refractivity contribution in [2.24, 2.45) is 0 Å². The normalized spacial score (nSPS) is 23.9. The summed E-state index contributed by atoms with van der Waals surface area (Å²) in [4.78, 5) is 11.7. The van der Waals surface area contributed by atoms with E-state index in [9.17, 15) is 4.79 Å². The van der Waals surface area contributed by atoms with Gasteiger partial charge < -0.3 is 20.1 Å². The zero-order valence-corrected chi connectivity index (χ0v) is 12.7. The van der Waals surface area contributed by atoms with Crippen LogP contribution in [0.4, 0.5) is 0 Å². The van der Waals surface area contributed by atoms with Gasteiger partial charge in [0.1, 0.15) is 0 Å². The van der Waals surface area contributed by atoms with Crippen molar-refractivity contribution in [1.29, 1.82) is 0 Å². The van der Waals surface area contributed by atoms with Crippen LogP contribution in [0, 0.1) is 0 Å². The fraction of sp³-hybridized carbons (Fsp3) is 0.933. The summed E-state index contributed by atoms with van der Waals surface area (Å²) in [7, 11) is 0. The van der Waals surface area contributed by atoms with Crippen molar-refractivity contribution >= 4 is 5.91 Å². The average molecular weight is 284 g/mol. The molecule has 1 spiro atoms. The lowest BCUT2D eigenvalue weighted by molar-refractivity contribution is -0.179. The number of amides is 1. The molecule has 2 fully saturated rings. The summed E-state index contributed by atoms with van der Waals surface area (Å²) >= 11 is 0. The molecule has 0 bridgehead atoms. The van der Waals surface area contributed by atoms with Crippen molar-refractivity contribution in [3.8, 4) is 0 Å². The highest BCUT2D eigenvalue weighted by atomic mass is 16.7. The van der Waals surface area contributed by atoms with Gasteiger partial charge in [0.25, 0.3) is 0 Å². The maximum atomic E-state index is 11.7. The summed E-state index contributed by atoms with van der Waals surface area (Å²) in [5, 5.41) is 6.47. The average Bonchev–Trinajstić information content (AvgIpc) is 2.89. The van der Waals surface area contributed by atoms with E-state index >= 15 is 0 Å². The molecule has 2 aliphatic rings. The van der Waals surface area contributed by atoms with E-state index in [0.29, 0.717) is 12.5 Å². The highest BCUT2D eigenvalue weighted by Crippen LogP contribution is 2.35. The minimum atomic E-state index is -0.286. The van der Waals surface area contributed by atoms with Crippen LogP contribution in [0.3, 0.4) is 0 Å². The predicted octanol–water partition coefficient (Wildman–Crippen LogP) is 1.57. The Balaban J connectivity index is 1.58. The van der Waals surface area contributed by atoms with E-state index in [4.69, 9.17) is 9.47 Å². The number of carbonyl (C=O) groups is 1. The van der Waals surface area contributed by atoms with Crippen molar-refractivity contribution in [3.63, 3.8) is 0 Å². The van der Waals surface area contributed by atoms with Crippen LogP contribution in [-0.2, 0) is 14.3 Å². The van der Waals surface area contributed by atoms with Gasteiger partial charge in [0.15, 0.2) is 5.79 Å². The van der Waals surface area contributed by atoms with Crippen LogP contribution in [0.5, 0.6) is 0 Å². The number of carbonyl (C=O) groups excluding carboxylic acids is 1. The minimum absolute atomic E-state index is 0.140. The van der Waals surface area contributed by atoms with Crippen LogP contribution in [0.15, 0.2) is 0 Å². The number of ether oxygens (including phenoxy) is 2. The number of rotatable bonds is 6. The van der Waals surface area contributed by atoms with E-state index < -0.39 is 0 Å². The Kier molecular flexibility index (Phi) is 5.81. The molecule has 1 saturated carbocycles. The monoisotopic (exact) mass is 284 g/mol. The van der Waals surface area contributed by atoms with Gasteiger partial charge in [-0.1, -0.05) is 6.92 Å². The molecule has 0 aromatic rings. The van der Waals surface area contributed by atoms with Crippen LogP contribution in [0.2, 0.25) is 0 Å². The van der Waals surface area contributed by atoms with Gasteiger partial charge in [-0.05, 0) is 26.2 Å². The van der Waals surface area contributed by atoms with Crippen molar-refractivity contribution in [2.45, 2.75) is 70.2 Å². The number of hydrogen-bond donors (Lipinski definition) is 2. The molecule has 5 heteroatoms. The third-order valence-corrected chi connectivity index (χ3v) is 4.37. The fourth-order valence-electron chi connectivity index (χ4n) is 2.89. The van der Waals surface area contributed by atoms with Crippen LogP contribution < -0.4 is 10.6 Å². The third-order valence-electron chi connectivity index (χ3n) is 4.37. The molecule has 116 valence electrons. The Morgan fingerprint density at radius 3 is 2.55 bits per heavy atom. The van der Waals surface area contributed by atoms with Gasteiger partial charge in [-0.2, -0.15) is 0 Å². The third kappa shape index (κ3) is 4.43. The zero-order chi connectivity index (χ0) is 14.4. The Bertz CT molecular complexity index is 306. The topological polar surface area (TPSA) is 59.6 Å². The molecule has 2 rings (SSSR count). The minimum Gasteiger partial charge on any atom is -0.354 e. The van der Waals surface area contributed by atoms with Gasteiger partial charge in [-0.25, -0.2) is 0 Å². The van der Waals surface area contributed by atoms with Gasteiger partial charge in [0.2, 0.25) is 5.91 Å². The summed E-state index contributed by atoms with van der Waals surface area (Å²) in [5.74, 6) is -0.145. The molecule has 1 unspecified atom stereocenters. The quantitative estimate of drug-likeness (QED) is 0.777. The first-order valence-corrected chi connectivity index (χ1v) is 7.94. The van der Waals surface area contributed by atoms with E-state index in [1.165, 1.54) is 0 Å². The fourth-order valence-corrected chi connectivity index (χ4v) is 2.89. The molecule has 0 radical (unpaired) electrons. The first-order chi connectivity index (χ1) is 9.63. The molecular weight excluding hydrogens is 256 g/mol. The predicted molar refractivity (Wildman–Crippen MR) is 77.4 cm³/mol. The lowest BCUT2D eigenvalue weighted by Gasteiger charge is -2.35. The summed E-state index contributed by atoms with van der Waals surface area (Å²) < 4.78 is 11.4. The lowest BCUT2D eigenvalue weighted by Crippen LogP contribution is -2.43. The molecule has 1 aliphatic heterocycles. The molecule has 2 N–H and O–H groups in total. The first kappa shape index (κ1) is 15.7. The molecular formula is C15H28N2O3. The second-order valence-corrected chi connectivity index (χ2v) is 5.96.